The minimum atomic E-state index is 0.133. The van der Waals surface area contributed by atoms with Crippen molar-refractivity contribution in [2.45, 2.75) is 20.0 Å². The molecule has 1 unspecified atom stereocenters. The maximum absolute atomic E-state index is 5.65. The Hall–Kier alpha value is -0.340. The van der Waals surface area contributed by atoms with Crippen LogP contribution >= 0.6 is 11.6 Å². The first-order chi connectivity index (χ1) is 4.70. The van der Waals surface area contributed by atoms with Gasteiger partial charge in [0.25, 0.3) is 0 Å². The highest BCUT2D eigenvalue weighted by Crippen LogP contribution is 1.95. The van der Waals surface area contributed by atoms with Crippen LogP contribution in [0.4, 0.5) is 0 Å². The molecule has 3 heteroatoms. The Morgan fingerprint density at radius 2 is 2.30 bits per heavy atom. The molecule has 0 aliphatic rings. The Morgan fingerprint density at radius 3 is 2.70 bits per heavy atom. The molecule has 0 amide bonds. The zero-order valence-electron chi connectivity index (χ0n) is 6.56. The van der Waals surface area contributed by atoms with Crippen molar-refractivity contribution in [2.75, 3.05) is 7.05 Å². The molecule has 0 heterocycles. The topological polar surface area (TPSA) is 24.4 Å². The molecule has 10 heavy (non-hydrogen) atoms. The number of nitrogens with zero attached hydrogens (tertiary/aromatic N) is 1. The molecular weight excluding hydrogens is 148 g/mol. The van der Waals surface area contributed by atoms with Crippen LogP contribution < -0.4 is 5.32 Å². The van der Waals surface area contributed by atoms with Gasteiger partial charge in [0.1, 0.15) is 0 Å². The summed E-state index contributed by atoms with van der Waals surface area (Å²) in [4.78, 5) is 4.08. The van der Waals surface area contributed by atoms with Gasteiger partial charge in [0.05, 0.1) is 11.2 Å². The molecule has 1 N–H and O–H groups in total. The lowest BCUT2D eigenvalue weighted by molar-refractivity contribution is 0.644. The number of halogens is 1. The normalized spacial score (nSPS) is 16.2. The number of allylic oxidation sites excluding steroid dienone is 2. The van der Waals surface area contributed by atoms with Crippen LogP contribution in [0.3, 0.4) is 0 Å². The van der Waals surface area contributed by atoms with Gasteiger partial charge in [-0.3, -0.25) is 10.3 Å². The van der Waals surface area contributed by atoms with Gasteiger partial charge in [0.15, 0.2) is 0 Å². The van der Waals surface area contributed by atoms with E-state index in [9.17, 15) is 0 Å². The molecule has 0 rings (SSSR count). The smallest absolute Gasteiger partial charge is 0.0963 e. The van der Waals surface area contributed by atoms with E-state index in [1.54, 1.807) is 12.3 Å². The minimum Gasteiger partial charge on any atom is -0.299 e. The van der Waals surface area contributed by atoms with E-state index in [1.165, 1.54) is 0 Å². The van der Waals surface area contributed by atoms with Crippen LogP contribution in [-0.4, -0.2) is 19.4 Å². The largest absolute Gasteiger partial charge is 0.299 e. The molecular formula is C7H13ClN2. The van der Waals surface area contributed by atoms with Crippen LogP contribution in [0.15, 0.2) is 16.1 Å². The molecule has 0 aromatic rings. The van der Waals surface area contributed by atoms with Gasteiger partial charge in [0.2, 0.25) is 0 Å². The lowest BCUT2D eigenvalue weighted by Gasteiger charge is -2.00. The van der Waals surface area contributed by atoms with Crippen molar-refractivity contribution in [1.29, 1.82) is 0 Å². The summed E-state index contributed by atoms with van der Waals surface area (Å²) in [5.41, 5.74) is 0. The van der Waals surface area contributed by atoms with Gasteiger partial charge in [-0.15, -0.1) is 0 Å². The number of hydrogen-bond donors (Lipinski definition) is 1. The van der Waals surface area contributed by atoms with Crippen LogP contribution in [0, 0.1) is 0 Å². The molecule has 0 fully saturated rings. The Kier molecular flexibility index (Phi) is 5.26. The lowest BCUT2D eigenvalue weighted by Crippen LogP contribution is -2.18. The van der Waals surface area contributed by atoms with Crippen LogP contribution in [0.2, 0.25) is 0 Å². The van der Waals surface area contributed by atoms with Crippen molar-refractivity contribution in [2.24, 2.45) is 4.99 Å². The fraction of sp³-hybridized carbons (Fsp3) is 0.571. The average Bonchev–Trinajstić information content (AvgIpc) is 1.99. The Labute approximate surface area is 67.0 Å². The van der Waals surface area contributed by atoms with Crippen molar-refractivity contribution >= 4 is 17.8 Å². The quantitative estimate of drug-likeness (QED) is 0.626. The zero-order valence-corrected chi connectivity index (χ0v) is 7.31. The predicted octanol–water partition coefficient (Wildman–Crippen LogP) is 1.77. The fourth-order valence-corrected chi connectivity index (χ4v) is 0.388. The maximum atomic E-state index is 5.65. The molecule has 2 nitrogen and oxygen atoms in total. The van der Waals surface area contributed by atoms with Gasteiger partial charge in [-0.2, -0.15) is 0 Å². The second kappa shape index (κ2) is 5.45. The molecule has 0 bridgehead atoms. The second-order valence-corrected chi connectivity index (χ2v) is 2.35. The maximum Gasteiger partial charge on any atom is 0.0963 e. The van der Waals surface area contributed by atoms with Gasteiger partial charge >= 0.3 is 0 Å². The first kappa shape index (κ1) is 9.66. The van der Waals surface area contributed by atoms with Crippen LogP contribution in [0.1, 0.15) is 13.8 Å². The minimum absolute atomic E-state index is 0.133. The highest BCUT2D eigenvalue weighted by molar-refractivity contribution is 6.39. The summed E-state index contributed by atoms with van der Waals surface area (Å²) in [6, 6.07) is 0. The molecule has 0 aliphatic heterocycles. The average molecular weight is 161 g/mol. The van der Waals surface area contributed by atoms with Crippen molar-refractivity contribution in [3.8, 4) is 0 Å². The molecule has 0 saturated carbocycles. The first-order valence-electron chi connectivity index (χ1n) is 3.23. The summed E-state index contributed by atoms with van der Waals surface area (Å²) in [5.74, 6) is 0. The number of aliphatic imine (C=N–C) groups is 1. The third kappa shape index (κ3) is 4.53. The molecule has 0 aromatic carbocycles. The second-order valence-electron chi connectivity index (χ2n) is 1.92. The van der Waals surface area contributed by atoms with Gasteiger partial charge < -0.3 is 0 Å². The Morgan fingerprint density at radius 1 is 1.70 bits per heavy atom. The van der Waals surface area contributed by atoms with E-state index in [1.807, 2.05) is 20.9 Å². The molecule has 0 aliphatic carbocycles. The van der Waals surface area contributed by atoms with Gasteiger partial charge in [-0.1, -0.05) is 17.7 Å². The lowest BCUT2D eigenvalue weighted by atomic mass is 10.5. The third-order valence-corrected chi connectivity index (χ3v) is 1.43. The van der Waals surface area contributed by atoms with E-state index in [4.69, 9.17) is 11.6 Å². The molecule has 58 valence electrons. The van der Waals surface area contributed by atoms with Crippen molar-refractivity contribution in [1.82, 2.24) is 5.32 Å². The van der Waals surface area contributed by atoms with Gasteiger partial charge in [0, 0.05) is 6.21 Å². The van der Waals surface area contributed by atoms with E-state index >= 15 is 0 Å². The predicted molar refractivity (Wildman–Crippen MR) is 46.6 cm³/mol. The molecule has 0 spiro atoms. The van der Waals surface area contributed by atoms with Gasteiger partial charge in [-0.25, -0.2) is 0 Å². The van der Waals surface area contributed by atoms with Crippen LogP contribution in [0.25, 0.3) is 0 Å². The number of nitrogens with one attached hydrogen (secondary N) is 1. The summed E-state index contributed by atoms with van der Waals surface area (Å²) in [5, 5.41) is 3.63. The third-order valence-electron chi connectivity index (χ3n) is 1.12. The highest BCUT2D eigenvalue weighted by atomic mass is 35.5. The Bertz CT molecular complexity index is 141. The zero-order chi connectivity index (χ0) is 7.98. The van der Waals surface area contributed by atoms with Crippen LogP contribution in [-0.2, 0) is 0 Å². The summed E-state index contributed by atoms with van der Waals surface area (Å²) in [6.45, 7) is 3.83. The molecule has 0 radical (unpaired) electrons. The monoisotopic (exact) mass is 160 g/mol. The number of hydrogen-bond acceptors (Lipinski definition) is 2. The summed E-state index contributed by atoms with van der Waals surface area (Å²) in [6.07, 6.45) is 3.57. The standard InChI is InChI=1S/C7H13ClN2/c1-4-7(8)5-10-6(2)9-3/h4-6,9H,1-3H3/b7-4+,10-5-. The van der Waals surface area contributed by atoms with Crippen LogP contribution in [0.5, 0.6) is 0 Å². The fourth-order valence-electron chi connectivity index (χ4n) is 0.332. The highest BCUT2D eigenvalue weighted by Gasteiger charge is 1.88. The van der Waals surface area contributed by atoms with E-state index < -0.39 is 0 Å². The van der Waals surface area contributed by atoms with E-state index in [2.05, 4.69) is 10.3 Å². The van der Waals surface area contributed by atoms with Gasteiger partial charge in [-0.05, 0) is 20.9 Å². The summed E-state index contributed by atoms with van der Waals surface area (Å²) in [7, 11) is 1.85. The number of rotatable bonds is 3. The van der Waals surface area contributed by atoms with E-state index in [0.29, 0.717) is 5.03 Å². The van der Waals surface area contributed by atoms with Crippen molar-refractivity contribution in [3.63, 3.8) is 0 Å². The van der Waals surface area contributed by atoms with E-state index in [-0.39, 0.29) is 6.17 Å². The summed E-state index contributed by atoms with van der Waals surface area (Å²) >= 11 is 5.65. The van der Waals surface area contributed by atoms with Crippen molar-refractivity contribution in [3.05, 3.63) is 11.1 Å². The molecule has 1 atom stereocenters. The molecule has 0 saturated heterocycles. The first-order valence-corrected chi connectivity index (χ1v) is 3.60. The molecule has 0 aromatic heterocycles. The van der Waals surface area contributed by atoms with E-state index in [0.717, 1.165) is 0 Å². The Balaban J connectivity index is 3.75. The SMILES string of the molecule is C/C=C(Cl)\C=N/C(C)NC. The summed E-state index contributed by atoms with van der Waals surface area (Å²) < 4.78 is 0. The van der Waals surface area contributed by atoms with Crippen molar-refractivity contribution < 1.29 is 0 Å².